The van der Waals surface area contributed by atoms with Crippen molar-refractivity contribution < 1.29 is 14.3 Å². The fourth-order valence-electron chi connectivity index (χ4n) is 2.13. The van der Waals surface area contributed by atoms with Gasteiger partial charge in [-0.25, -0.2) is 4.79 Å². The number of anilines is 1. The maximum Gasteiger partial charge on any atom is 0.340 e. The minimum absolute atomic E-state index is 0.0156. The number of hydrogen-bond donors (Lipinski definition) is 0. The lowest BCUT2D eigenvalue weighted by Gasteiger charge is -2.19. The Morgan fingerprint density at radius 1 is 1.58 bits per heavy atom. The van der Waals surface area contributed by atoms with Crippen molar-refractivity contribution in [3.05, 3.63) is 28.2 Å². The molecule has 1 amide bonds. The molecule has 0 radical (unpaired) electrons. The Hall–Kier alpha value is -1.07. The summed E-state index contributed by atoms with van der Waals surface area (Å²) < 4.78 is 5.52. The Labute approximate surface area is 124 Å². The Kier molecular flexibility index (Phi) is 4.47. The van der Waals surface area contributed by atoms with Crippen LogP contribution in [0.4, 0.5) is 5.69 Å². The second-order valence-electron chi connectivity index (χ2n) is 4.38. The van der Waals surface area contributed by atoms with Gasteiger partial charge in [0.05, 0.1) is 18.4 Å². The minimum Gasteiger partial charge on any atom is -0.465 e. The second kappa shape index (κ2) is 5.92. The predicted molar refractivity (Wildman–Crippen MR) is 76.7 cm³/mol. The molecule has 0 N–H and O–H groups in total. The number of methoxy groups -OCH3 is 1. The lowest BCUT2D eigenvalue weighted by Crippen LogP contribution is -2.26. The van der Waals surface area contributed by atoms with Crippen molar-refractivity contribution in [2.24, 2.45) is 5.92 Å². The summed E-state index contributed by atoms with van der Waals surface area (Å²) in [5.41, 5.74) is 0.952. The third kappa shape index (κ3) is 2.92. The lowest BCUT2D eigenvalue weighted by atomic mass is 10.1. The zero-order valence-electron chi connectivity index (χ0n) is 10.4. The van der Waals surface area contributed by atoms with E-state index in [9.17, 15) is 9.59 Å². The average molecular weight is 347 g/mol. The highest BCUT2D eigenvalue weighted by molar-refractivity contribution is 9.10. The molecule has 1 saturated heterocycles. The summed E-state index contributed by atoms with van der Waals surface area (Å²) in [4.78, 5) is 25.4. The summed E-state index contributed by atoms with van der Waals surface area (Å²) >= 11 is 9.11. The molecule has 1 aliphatic heterocycles. The van der Waals surface area contributed by atoms with Crippen molar-refractivity contribution in [1.82, 2.24) is 0 Å². The first-order valence-corrected chi connectivity index (χ1v) is 7.13. The molecule has 1 atom stereocenters. The minimum atomic E-state index is -0.460. The molecular formula is C13H13BrClNO3. The summed E-state index contributed by atoms with van der Waals surface area (Å²) in [5, 5.41) is 0. The number of rotatable bonds is 3. The molecule has 0 aromatic heterocycles. The average Bonchev–Trinajstić information content (AvgIpc) is 2.79. The van der Waals surface area contributed by atoms with E-state index in [0.717, 1.165) is 4.47 Å². The smallest absolute Gasteiger partial charge is 0.340 e. The second-order valence-corrected chi connectivity index (χ2v) is 5.61. The topological polar surface area (TPSA) is 46.6 Å². The molecule has 1 heterocycles. The molecule has 0 aliphatic carbocycles. The molecule has 0 saturated carbocycles. The van der Waals surface area contributed by atoms with Crippen molar-refractivity contribution in [1.29, 1.82) is 0 Å². The fourth-order valence-corrected chi connectivity index (χ4v) is 2.70. The van der Waals surface area contributed by atoms with Crippen LogP contribution in [0.3, 0.4) is 0 Å². The summed E-state index contributed by atoms with van der Waals surface area (Å²) in [6.07, 6.45) is 0.417. The highest BCUT2D eigenvalue weighted by atomic mass is 79.9. The lowest BCUT2D eigenvalue weighted by molar-refractivity contribution is -0.117. The molecule has 1 unspecified atom stereocenters. The van der Waals surface area contributed by atoms with E-state index < -0.39 is 5.97 Å². The molecule has 1 aromatic rings. The van der Waals surface area contributed by atoms with Crippen LogP contribution in [0.15, 0.2) is 22.7 Å². The van der Waals surface area contributed by atoms with Gasteiger partial charge >= 0.3 is 5.97 Å². The Morgan fingerprint density at radius 2 is 2.32 bits per heavy atom. The van der Waals surface area contributed by atoms with Crippen LogP contribution in [-0.2, 0) is 9.53 Å². The van der Waals surface area contributed by atoms with Crippen LogP contribution < -0.4 is 4.90 Å². The number of esters is 1. The number of alkyl halides is 1. The quantitative estimate of drug-likeness (QED) is 0.624. The Balaban J connectivity index is 2.39. The van der Waals surface area contributed by atoms with Crippen LogP contribution in [0.1, 0.15) is 16.8 Å². The van der Waals surface area contributed by atoms with Crippen LogP contribution >= 0.6 is 27.5 Å². The van der Waals surface area contributed by atoms with E-state index in [1.54, 1.807) is 23.1 Å². The van der Waals surface area contributed by atoms with Crippen molar-refractivity contribution in [3.8, 4) is 0 Å². The van der Waals surface area contributed by atoms with Gasteiger partial charge < -0.3 is 9.64 Å². The van der Waals surface area contributed by atoms with E-state index in [0.29, 0.717) is 30.1 Å². The van der Waals surface area contributed by atoms with Crippen molar-refractivity contribution in [2.45, 2.75) is 6.42 Å². The third-order valence-electron chi connectivity index (χ3n) is 3.08. The molecule has 0 spiro atoms. The van der Waals surface area contributed by atoms with Gasteiger partial charge in [-0.05, 0) is 24.1 Å². The molecule has 1 aliphatic rings. The standard InChI is InChI=1S/C13H13BrClNO3/c1-19-13(18)10-5-9(14)2-3-11(10)16-7-8(6-15)4-12(16)17/h2-3,5,8H,4,6-7H2,1H3. The van der Waals surface area contributed by atoms with E-state index in [4.69, 9.17) is 16.3 Å². The fraction of sp³-hybridized carbons (Fsp3) is 0.385. The molecule has 2 rings (SSSR count). The number of carbonyl (C=O) groups excluding carboxylic acids is 2. The van der Waals surface area contributed by atoms with Crippen LogP contribution in [0.5, 0.6) is 0 Å². The van der Waals surface area contributed by atoms with Crippen molar-refractivity contribution in [2.75, 3.05) is 24.4 Å². The monoisotopic (exact) mass is 345 g/mol. The number of carbonyl (C=O) groups is 2. The van der Waals surface area contributed by atoms with E-state index in [2.05, 4.69) is 15.9 Å². The van der Waals surface area contributed by atoms with Crippen molar-refractivity contribution in [3.63, 3.8) is 0 Å². The number of halogens is 2. The van der Waals surface area contributed by atoms with Gasteiger partial charge in [0.25, 0.3) is 0 Å². The molecule has 102 valence electrons. The number of nitrogens with zero attached hydrogens (tertiary/aromatic N) is 1. The van der Waals surface area contributed by atoms with E-state index in [-0.39, 0.29) is 11.8 Å². The predicted octanol–water partition coefficient (Wildman–Crippen LogP) is 2.83. The molecular weight excluding hydrogens is 334 g/mol. The maximum absolute atomic E-state index is 12.0. The molecule has 4 nitrogen and oxygen atoms in total. The van der Waals surface area contributed by atoms with Gasteiger partial charge in [0.15, 0.2) is 0 Å². The van der Waals surface area contributed by atoms with E-state index in [1.807, 2.05) is 0 Å². The van der Waals surface area contributed by atoms with Gasteiger partial charge in [-0.2, -0.15) is 0 Å². The number of benzene rings is 1. The molecule has 1 fully saturated rings. The number of ether oxygens (including phenoxy) is 1. The van der Waals surface area contributed by atoms with Gasteiger partial charge in [-0.15, -0.1) is 11.6 Å². The highest BCUT2D eigenvalue weighted by Crippen LogP contribution is 2.31. The largest absolute Gasteiger partial charge is 0.465 e. The Bertz CT molecular complexity index is 521. The Morgan fingerprint density at radius 3 is 2.89 bits per heavy atom. The summed E-state index contributed by atoms with van der Waals surface area (Å²) in [6, 6.07) is 5.19. The summed E-state index contributed by atoms with van der Waals surface area (Å²) in [7, 11) is 1.32. The zero-order valence-corrected chi connectivity index (χ0v) is 12.7. The van der Waals surface area contributed by atoms with Gasteiger partial charge in [0.2, 0.25) is 5.91 Å². The first-order chi connectivity index (χ1) is 9.06. The summed E-state index contributed by atoms with van der Waals surface area (Å²) in [5.74, 6) is 0.0895. The maximum atomic E-state index is 12.0. The number of hydrogen-bond acceptors (Lipinski definition) is 3. The van der Waals surface area contributed by atoms with Gasteiger partial charge in [0.1, 0.15) is 0 Å². The molecule has 19 heavy (non-hydrogen) atoms. The molecule has 6 heteroatoms. The van der Waals surface area contributed by atoms with E-state index in [1.165, 1.54) is 7.11 Å². The van der Waals surface area contributed by atoms with Crippen LogP contribution in [0.2, 0.25) is 0 Å². The van der Waals surface area contributed by atoms with Crippen LogP contribution in [0.25, 0.3) is 0 Å². The number of amides is 1. The third-order valence-corrected chi connectivity index (χ3v) is 4.01. The van der Waals surface area contributed by atoms with Gasteiger partial charge in [-0.3, -0.25) is 4.79 Å². The van der Waals surface area contributed by atoms with Crippen LogP contribution in [-0.4, -0.2) is 31.4 Å². The molecule has 0 bridgehead atoms. The van der Waals surface area contributed by atoms with Crippen molar-refractivity contribution >= 4 is 45.1 Å². The normalized spacial score (nSPS) is 18.8. The zero-order chi connectivity index (χ0) is 14.0. The molecule has 1 aromatic carbocycles. The summed E-state index contributed by atoms with van der Waals surface area (Å²) in [6.45, 7) is 0.536. The first kappa shape index (κ1) is 14.3. The highest BCUT2D eigenvalue weighted by Gasteiger charge is 2.32. The first-order valence-electron chi connectivity index (χ1n) is 5.81. The van der Waals surface area contributed by atoms with Gasteiger partial charge in [-0.1, -0.05) is 15.9 Å². The van der Waals surface area contributed by atoms with Gasteiger partial charge in [0, 0.05) is 23.3 Å². The van der Waals surface area contributed by atoms with E-state index >= 15 is 0 Å². The SMILES string of the molecule is COC(=O)c1cc(Br)ccc1N1CC(CCl)CC1=O. The van der Waals surface area contributed by atoms with Crippen LogP contribution in [0, 0.1) is 5.92 Å².